The maximum Gasteiger partial charge on any atom is 0.574 e. The van der Waals surface area contributed by atoms with Crippen molar-refractivity contribution in [3.63, 3.8) is 0 Å². The fourth-order valence-corrected chi connectivity index (χ4v) is 1.61. The zero-order valence-corrected chi connectivity index (χ0v) is 11.4. The van der Waals surface area contributed by atoms with Crippen molar-refractivity contribution in [1.29, 1.82) is 0 Å². The molecule has 128 valence electrons. The molecule has 1 aromatic rings. The molecule has 0 unspecified atom stereocenters. The lowest BCUT2D eigenvalue weighted by atomic mass is 10.1. The SMILES string of the molecule is CCOC(=O)Cc1nc(OC(F)(F)F)cc(C(F)F)c1[N+](=O)[O-]. The predicted octanol–water partition coefficient (Wildman–Crippen LogP) is 2.93. The third-order valence-electron chi connectivity index (χ3n) is 2.33. The molecule has 0 bridgehead atoms. The number of ether oxygens (including phenoxy) is 2. The number of alkyl halides is 5. The molecule has 0 aliphatic heterocycles. The Hall–Kier alpha value is -2.53. The van der Waals surface area contributed by atoms with Crippen molar-refractivity contribution in [2.45, 2.75) is 26.1 Å². The van der Waals surface area contributed by atoms with E-state index in [1.54, 1.807) is 0 Å². The van der Waals surface area contributed by atoms with Gasteiger partial charge in [0.2, 0.25) is 5.88 Å². The first-order valence-corrected chi connectivity index (χ1v) is 5.92. The molecule has 0 radical (unpaired) electrons. The monoisotopic (exact) mass is 344 g/mol. The second-order valence-electron chi connectivity index (χ2n) is 3.93. The van der Waals surface area contributed by atoms with Crippen LogP contribution in [-0.4, -0.2) is 28.8 Å². The molecule has 0 atom stereocenters. The summed E-state index contributed by atoms with van der Waals surface area (Å²) in [6.45, 7) is 1.29. The van der Waals surface area contributed by atoms with E-state index in [2.05, 4.69) is 14.5 Å². The molecule has 0 aliphatic carbocycles. The van der Waals surface area contributed by atoms with Crippen LogP contribution in [0.4, 0.5) is 27.6 Å². The zero-order valence-electron chi connectivity index (χ0n) is 11.4. The van der Waals surface area contributed by atoms with Gasteiger partial charge in [0.1, 0.15) is 11.3 Å². The molecule has 0 saturated heterocycles. The molecule has 0 N–H and O–H groups in total. The van der Waals surface area contributed by atoms with Crippen molar-refractivity contribution in [2.75, 3.05) is 6.61 Å². The minimum atomic E-state index is -5.25. The molecule has 1 aromatic heterocycles. The largest absolute Gasteiger partial charge is 0.574 e. The van der Waals surface area contributed by atoms with Crippen LogP contribution in [0.25, 0.3) is 0 Å². The van der Waals surface area contributed by atoms with Crippen molar-refractivity contribution in [3.8, 4) is 5.88 Å². The number of aromatic nitrogens is 1. The van der Waals surface area contributed by atoms with E-state index in [1.807, 2.05) is 0 Å². The van der Waals surface area contributed by atoms with Crippen molar-refractivity contribution >= 4 is 11.7 Å². The Morgan fingerprint density at radius 2 is 2.04 bits per heavy atom. The summed E-state index contributed by atoms with van der Waals surface area (Å²) in [6, 6.07) is 0.102. The molecule has 1 heterocycles. The minimum Gasteiger partial charge on any atom is -0.466 e. The second kappa shape index (κ2) is 7.15. The van der Waals surface area contributed by atoms with Gasteiger partial charge in [-0.3, -0.25) is 14.9 Å². The van der Waals surface area contributed by atoms with Crippen molar-refractivity contribution in [2.24, 2.45) is 0 Å². The Kier molecular flexibility index (Phi) is 5.76. The van der Waals surface area contributed by atoms with Gasteiger partial charge in [-0.15, -0.1) is 13.2 Å². The molecule has 0 aromatic carbocycles. The zero-order chi connectivity index (χ0) is 17.8. The van der Waals surface area contributed by atoms with E-state index >= 15 is 0 Å². The van der Waals surface area contributed by atoms with Gasteiger partial charge in [0.15, 0.2) is 0 Å². The molecule has 0 saturated carbocycles. The minimum absolute atomic E-state index is 0.102. The fraction of sp³-hybridized carbons (Fsp3) is 0.455. The number of rotatable bonds is 6. The summed E-state index contributed by atoms with van der Waals surface area (Å²) < 4.78 is 70.1. The van der Waals surface area contributed by atoms with Gasteiger partial charge >= 0.3 is 18.0 Å². The molecule has 0 fully saturated rings. The molecule has 0 aliphatic rings. The second-order valence-corrected chi connectivity index (χ2v) is 3.93. The molecular formula is C11H9F5N2O5. The lowest BCUT2D eigenvalue weighted by Crippen LogP contribution is -2.20. The summed E-state index contributed by atoms with van der Waals surface area (Å²) in [5, 5.41) is 10.9. The van der Waals surface area contributed by atoms with Gasteiger partial charge in [0.05, 0.1) is 18.0 Å². The Bertz CT molecular complexity index is 605. The number of hydrogen-bond acceptors (Lipinski definition) is 6. The topological polar surface area (TPSA) is 91.6 Å². The van der Waals surface area contributed by atoms with E-state index in [4.69, 9.17) is 0 Å². The lowest BCUT2D eigenvalue weighted by molar-refractivity contribution is -0.387. The Labute approximate surface area is 125 Å². The summed E-state index contributed by atoms with van der Waals surface area (Å²) in [4.78, 5) is 24.1. The van der Waals surface area contributed by atoms with Gasteiger partial charge in [0, 0.05) is 6.07 Å². The summed E-state index contributed by atoms with van der Waals surface area (Å²) >= 11 is 0. The van der Waals surface area contributed by atoms with Gasteiger partial charge < -0.3 is 9.47 Å². The first kappa shape index (κ1) is 18.5. The number of nitrogens with zero attached hydrogens (tertiary/aromatic N) is 2. The third-order valence-corrected chi connectivity index (χ3v) is 2.33. The summed E-state index contributed by atoms with van der Waals surface area (Å²) in [7, 11) is 0. The molecule has 23 heavy (non-hydrogen) atoms. The number of nitro groups is 1. The highest BCUT2D eigenvalue weighted by Gasteiger charge is 2.35. The molecule has 7 nitrogen and oxygen atoms in total. The van der Waals surface area contributed by atoms with Crippen LogP contribution in [0, 0.1) is 10.1 Å². The highest BCUT2D eigenvalue weighted by molar-refractivity contribution is 5.74. The van der Waals surface area contributed by atoms with Crippen LogP contribution in [0.1, 0.15) is 24.6 Å². The van der Waals surface area contributed by atoms with Crippen LogP contribution in [0.5, 0.6) is 5.88 Å². The van der Waals surface area contributed by atoms with E-state index < -0.39 is 52.9 Å². The molecule has 0 spiro atoms. The Balaban J connectivity index is 3.42. The average Bonchev–Trinajstić information content (AvgIpc) is 2.35. The van der Waals surface area contributed by atoms with Gasteiger partial charge in [-0.1, -0.05) is 0 Å². The van der Waals surface area contributed by atoms with E-state index in [0.717, 1.165) is 0 Å². The molecule has 0 amide bonds. The standard InChI is InChI=1S/C11H9F5N2O5/c1-2-22-8(19)4-6-9(18(20)21)5(10(12)13)3-7(17-6)23-11(14,15)16/h3,10H,2,4H2,1H3. The van der Waals surface area contributed by atoms with Gasteiger partial charge in [0.25, 0.3) is 6.43 Å². The number of carbonyl (C=O) groups excluding carboxylic acids is 1. The number of esters is 1. The van der Waals surface area contributed by atoms with Crippen LogP contribution in [-0.2, 0) is 16.0 Å². The number of halogens is 5. The number of pyridine rings is 1. The maximum atomic E-state index is 12.9. The van der Waals surface area contributed by atoms with Crippen LogP contribution in [0.3, 0.4) is 0 Å². The van der Waals surface area contributed by atoms with Crippen LogP contribution < -0.4 is 4.74 Å². The quantitative estimate of drug-likeness (QED) is 0.341. The van der Waals surface area contributed by atoms with Gasteiger partial charge in [-0.25, -0.2) is 13.8 Å². The van der Waals surface area contributed by atoms with Crippen LogP contribution in [0.15, 0.2) is 6.07 Å². The van der Waals surface area contributed by atoms with Gasteiger partial charge in [-0.05, 0) is 6.92 Å². The van der Waals surface area contributed by atoms with E-state index in [-0.39, 0.29) is 12.7 Å². The van der Waals surface area contributed by atoms with Crippen molar-refractivity contribution < 1.29 is 41.1 Å². The number of hydrogen-bond donors (Lipinski definition) is 0. The summed E-state index contributed by atoms with van der Waals surface area (Å²) in [6.07, 6.45) is -9.68. The van der Waals surface area contributed by atoms with Gasteiger partial charge in [-0.2, -0.15) is 0 Å². The molecule has 12 heteroatoms. The lowest BCUT2D eigenvalue weighted by Gasteiger charge is -2.12. The molecular weight excluding hydrogens is 335 g/mol. The van der Waals surface area contributed by atoms with Crippen LogP contribution in [0.2, 0.25) is 0 Å². The highest BCUT2D eigenvalue weighted by atomic mass is 19.4. The van der Waals surface area contributed by atoms with E-state index in [1.165, 1.54) is 6.92 Å². The van der Waals surface area contributed by atoms with E-state index in [0.29, 0.717) is 0 Å². The predicted molar refractivity (Wildman–Crippen MR) is 62.9 cm³/mol. The first-order chi connectivity index (χ1) is 10.5. The fourth-order valence-electron chi connectivity index (χ4n) is 1.61. The summed E-state index contributed by atoms with van der Waals surface area (Å²) in [5.74, 6) is -2.41. The Morgan fingerprint density at radius 3 is 2.48 bits per heavy atom. The van der Waals surface area contributed by atoms with Crippen molar-refractivity contribution in [1.82, 2.24) is 4.98 Å². The third kappa shape index (κ3) is 5.30. The first-order valence-electron chi connectivity index (χ1n) is 5.92. The van der Waals surface area contributed by atoms with E-state index in [9.17, 15) is 36.9 Å². The van der Waals surface area contributed by atoms with Crippen molar-refractivity contribution in [3.05, 3.63) is 27.4 Å². The number of carbonyl (C=O) groups is 1. The maximum absolute atomic E-state index is 12.9. The Morgan fingerprint density at radius 1 is 1.43 bits per heavy atom. The smallest absolute Gasteiger partial charge is 0.466 e. The molecule has 1 rings (SSSR count). The summed E-state index contributed by atoms with van der Waals surface area (Å²) in [5.41, 5.74) is -3.52. The highest BCUT2D eigenvalue weighted by Crippen LogP contribution is 2.35. The normalized spacial score (nSPS) is 11.4. The van der Waals surface area contributed by atoms with Crippen LogP contribution >= 0.6 is 0 Å². The average molecular weight is 344 g/mol.